The van der Waals surface area contributed by atoms with E-state index < -0.39 is 0 Å². The van der Waals surface area contributed by atoms with Gasteiger partial charge >= 0.3 is 0 Å². The smallest absolute Gasteiger partial charge is 0.224 e. The fourth-order valence-corrected chi connectivity index (χ4v) is 2.85. The number of nitrogens with zero attached hydrogens (tertiary/aromatic N) is 4. The van der Waals surface area contributed by atoms with Crippen molar-refractivity contribution in [2.45, 2.75) is 18.9 Å². The van der Waals surface area contributed by atoms with Crippen molar-refractivity contribution < 1.29 is 4.39 Å². The zero-order chi connectivity index (χ0) is 15.6. The van der Waals surface area contributed by atoms with Gasteiger partial charge < -0.3 is 15.1 Å². The van der Waals surface area contributed by atoms with Crippen molar-refractivity contribution in [2.75, 3.05) is 41.3 Å². The van der Waals surface area contributed by atoms with E-state index in [-0.39, 0.29) is 5.82 Å². The molecule has 120 valence electrons. The van der Waals surface area contributed by atoms with Gasteiger partial charge in [0.15, 0.2) is 0 Å². The molecule has 0 amide bonds. The van der Waals surface area contributed by atoms with Crippen LogP contribution in [0.4, 0.5) is 21.8 Å². The molecule has 6 heteroatoms. The quantitative estimate of drug-likeness (QED) is 0.939. The number of hydrogen-bond acceptors (Lipinski definition) is 5. The molecule has 1 N–H and O–H groups in total. The molecule has 2 aliphatic rings. The van der Waals surface area contributed by atoms with Crippen LogP contribution in [-0.2, 0) is 0 Å². The van der Waals surface area contributed by atoms with Crippen molar-refractivity contribution in [3.05, 3.63) is 42.3 Å². The molecule has 1 saturated carbocycles. The van der Waals surface area contributed by atoms with Gasteiger partial charge in [-0.15, -0.1) is 0 Å². The predicted molar refractivity (Wildman–Crippen MR) is 89.5 cm³/mol. The van der Waals surface area contributed by atoms with Crippen LogP contribution in [0, 0.1) is 5.82 Å². The topological polar surface area (TPSA) is 44.3 Å². The molecular formula is C17H20FN5. The van der Waals surface area contributed by atoms with E-state index in [0.717, 1.165) is 43.6 Å². The van der Waals surface area contributed by atoms with Crippen LogP contribution in [0.25, 0.3) is 0 Å². The molecule has 2 aromatic rings. The van der Waals surface area contributed by atoms with E-state index in [4.69, 9.17) is 0 Å². The van der Waals surface area contributed by atoms with Crippen molar-refractivity contribution in [3.63, 3.8) is 0 Å². The minimum Gasteiger partial charge on any atom is -0.368 e. The first-order valence-corrected chi connectivity index (χ1v) is 8.13. The minimum absolute atomic E-state index is 0.191. The largest absolute Gasteiger partial charge is 0.368 e. The fraction of sp³-hybridized carbons (Fsp3) is 0.412. The Balaban J connectivity index is 1.39. The van der Waals surface area contributed by atoms with Crippen LogP contribution in [0.5, 0.6) is 0 Å². The summed E-state index contributed by atoms with van der Waals surface area (Å²) < 4.78 is 13.0. The third kappa shape index (κ3) is 3.36. The molecule has 0 spiro atoms. The molecule has 1 saturated heterocycles. The second-order valence-corrected chi connectivity index (χ2v) is 6.11. The Kier molecular flexibility index (Phi) is 3.73. The van der Waals surface area contributed by atoms with Gasteiger partial charge in [0.25, 0.3) is 0 Å². The molecule has 23 heavy (non-hydrogen) atoms. The maximum Gasteiger partial charge on any atom is 0.224 e. The zero-order valence-corrected chi connectivity index (χ0v) is 13.0. The van der Waals surface area contributed by atoms with Crippen LogP contribution < -0.4 is 15.1 Å². The number of rotatable bonds is 4. The van der Waals surface area contributed by atoms with Crippen LogP contribution in [0.2, 0.25) is 0 Å². The van der Waals surface area contributed by atoms with Crippen molar-refractivity contribution in [1.82, 2.24) is 9.97 Å². The fourth-order valence-electron chi connectivity index (χ4n) is 2.85. The summed E-state index contributed by atoms with van der Waals surface area (Å²) in [6.45, 7) is 3.61. The number of benzene rings is 1. The van der Waals surface area contributed by atoms with E-state index in [1.54, 1.807) is 0 Å². The van der Waals surface area contributed by atoms with Gasteiger partial charge in [-0.3, -0.25) is 0 Å². The standard InChI is InChI=1S/C17H20FN5/c18-13-1-5-15(6-2-13)22-9-11-23(12-10-22)16-7-8-19-17(21-16)20-14-3-4-14/h1-2,5-8,14H,3-4,9-12H2,(H,19,20,21). The molecule has 0 bridgehead atoms. The van der Waals surface area contributed by atoms with Crippen molar-refractivity contribution in [2.24, 2.45) is 0 Å². The summed E-state index contributed by atoms with van der Waals surface area (Å²) >= 11 is 0. The first-order valence-electron chi connectivity index (χ1n) is 8.13. The molecule has 4 rings (SSSR count). The van der Waals surface area contributed by atoms with E-state index in [9.17, 15) is 4.39 Å². The number of halogens is 1. The number of nitrogens with one attached hydrogen (secondary N) is 1. The summed E-state index contributed by atoms with van der Waals surface area (Å²) in [5.41, 5.74) is 1.07. The highest BCUT2D eigenvalue weighted by molar-refractivity contribution is 5.50. The summed E-state index contributed by atoms with van der Waals surface area (Å²) in [5, 5.41) is 3.34. The minimum atomic E-state index is -0.191. The molecule has 1 aliphatic carbocycles. The van der Waals surface area contributed by atoms with Crippen LogP contribution in [0.3, 0.4) is 0 Å². The highest BCUT2D eigenvalue weighted by atomic mass is 19.1. The second-order valence-electron chi connectivity index (χ2n) is 6.11. The number of hydrogen-bond donors (Lipinski definition) is 1. The molecule has 2 fully saturated rings. The highest BCUT2D eigenvalue weighted by Crippen LogP contribution is 2.24. The lowest BCUT2D eigenvalue weighted by molar-refractivity contribution is 0.624. The van der Waals surface area contributed by atoms with Gasteiger partial charge in [-0.05, 0) is 43.2 Å². The molecule has 2 heterocycles. The highest BCUT2D eigenvalue weighted by Gasteiger charge is 2.23. The zero-order valence-electron chi connectivity index (χ0n) is 13.0. The van der Waals surface area contributed by atoms with Crippen LogP contribution in [0.15, 0.2) is 36.5 Å². The first-order chi connectivity index (χ1) is 11.3. The number of aromatic nitrogens is 2. The molecule has 0 unspecified atom stereocenters. The van der Waals surface area contributed by atoms with Gasteiger partial charge in [-0.25, -0.2) is 9.37 Å². The molecule has 1 aliphatic heterocycles. The Morgan fingerprint density at radius 2 is 1.65 bits per heavy atom. The molecule has 1 aromatic heterocycles. The SMILES string of the molecule is Fc1ccc(N2CCN(c3ccnc(NC4CC4)n3)CC2)cc1. The predicted octanol–water partition coefficient (Wildman–Crippen LogP) is 2.52. The summed E-state index contributed by atoms with van der Waals surface area (Å²) in [4.78, 5) is 13.5. The average molecular weight is 313 g/mol. The van der Waals surface area contributed by atoms with Gasteiger partial charge in [0.1, 0.15) is 11.6 Å². The maximum absolute atomic E-state index is 13.0. The first kappa shape index (κ1) is 14.2. The third-order valence-electron chi connectivity index (χ3n) is 4.35. The van der Waals surface area contributed by atoms with E-state index in [0.29, 0.717) is 6.04 Å². The summed E-state index contributed by atoms with van der Waals surface area (Å²) in [6, 6.07) is 9.23. The summed E-state index contributed by atoms with van der Waals surface area (Å²) in [7, 11) is 0. The summed E-state index contributed by atoms with van der Waals surface area (Å²) in [5.74, 6) is 1.51. The number of anilines is 3. The van der Waals surface area contributed by atoms with Gasteiger partial charge in [0, 0.05) is 44.1 Å². The lowest BCUT2D eigenvalue weighted by Gasteiger charge is -2.36. The van der Waals surface area contributed by atoms with Crippen molar-refractivity contribution >= 4 is 17.5 Å². The molecule has 0 atom stereocenters. The monoisotopic (exact) mass is 313 g/mol. The lowest BCUT2D eigenvalue weighted by Crippen LogP contribution is -2.46. The van der Waals surface area contributed by atoms with E-state index in [1.165, 1.54) is 25.0 Å². The summed E-state index contributed by atoms with van der Waals surface area (Å²) in [6.07, 6.45) is 4.24. The Hall–Kier alpha value is -2.37. The Morgan fingerprint density at radius 1 is 0.957 bits per heavy atom. The molecule has 5 nitrogen and oxygen atoms in total. The van der Waals surface area contributed by atoms with Crippen molar-refractivity contribution in [3.8, 4) is 0 Å². The van der Waals surface area contributed by atoms with Crippen molar-refractivity contribution in [1.29, 1.82) is 0 Å². The van der Waals surface area contributed by atoms with Crippen LogP contribution >= 0.6 is 0 Å². The third-order valence-corrected chi connectivity index (χ3v) is 4.35. The molecular weight excluding hydrogens is 293 g/mol. The Labute approximate surface area is 135 Å². The van der Waals surface area contributed by atoms with Gasteiger partial charge in [-0.1, -0.05) is 0 Å². The average Bonchev–Trinajstić information content (AvgIpc) is 3.40. The van der Waals surface area contributed by atoms with Gasteiger partial charge in [0.2, 0.25) is 5.95 Å². The Bertz CT molecular complexity index is 663. The van der Waals surface area contributed by atoms with Gasteiger partial charge in [-0.2, -0.15) is 4.98 Å². The lowest BCUT2D eigenvalue weighted by atomic mass is 10.2. The van der Waals surface area contributed by atoms with Crippen LogP contribution in [-0.4, -0.2) is 42.2 Å². The normalized spacial score (nSPS) is 18.1. The van der Waals surface area contributed by atoms with E-state index in [1.807, 2.05) is 24.4 Å². The van der Waals surface area contributed by atoms with Crippen LogP contribution in [0.1, 0.15) is 12.8 Å². The van der Waals surface area contributed by atoms with Gasteiger partial charge in [0.05, 0.1) is 0 Å². The number of piperazine rings is 1. The Morgan fingerprint density at radius 3 is 2.35 bits per heavy atom. The molecule has 0 radical (unpaired) electrons. The molecule has 1 aromatic carbocycles. The van der Waals surface area contributed by atoms with E-state index in [2.05, 4.69) is 25.1 Å². The van der Waals surface area contributed by atoms with E-state index >= 15 is 0 Å². The second kappa shape index (κ2) is 6.02. The maximum atomic E-state index is 13.0.